The minimum atomic E-state index is -2.77. The van der Waals surface area contributed by atoms with E-state index in [1.807, 2.05) is 30.3 Å². The SMILES string of the molecule is C[C@@]1(C(=O)N2CCC[C@H]2C(=O)O)NP1(=O)CCCc1ccccc1. The van der Waals surface area contributed by atoms with Gasteiger partial charge in [-0.3, -0.25) is 4.79 Å². The summed E-state index contributed by atoms with van der Waals surface area (Å²) in [5, 5.41) is 11.1. The Balaban J connectivity index is 1.60. The van der Waals surface area contributed by atoms with Gasteiger partial charge in [0.25, 0.3) is 5.91 Å². The molecule has 0 aliphatic carbocycles. The van der Waals surface area contributed by atoms with Gasteiger partial charge in [-0.2, -0.15) is 0 Å². The van der Waals surface area contributed by atoms with E-state index in [2.05, 4.69) is 5.09 Å². The molecule has 0 radical (unpaired) electrons. The number of benzene rings is 1. The molecule has 7 heteroatoms. The summed E-state index contributed by atoms with van der Waals surface area (Å²) in [7, 11) is -2.77. The van der Waals surface area contributed by atoms with Crippen LogP contribution in [0.25, 0.3) is 0 Å². The highest BCUT2D eigenvalue weighted by Gasteiger charge is 2.67. The second-order valence-corrected chi connectivity index (χ2v) is 9.78. The lowest BCUT2D eigenvalue weighted by Gasteiger charge is -2.24. The summed E-state index contributed by atoms with van der Waals surface area (Å²) >= 11 is 0. The average molecular weight is 350 g/mol. The van der Waals surface area contributed by atoms with Crippen molar-refractivity contribution in [2.24, 2.45) is 0 Å². The van der Waals surface area contributed by atoms with E-state index in [4.69, 9.17) is 0 Å². The molecule has 24 heavy (non-hydrogen) atoms. The molecule has 2 fully saturated rings. The van der Waals surface area contributed by atoms with E-state index in [1.165, 1.54) is 10.5 Å². The van der Waals surface area contributed by atoms with E-state index < -0.39 is 24.6 Å². The van der Waals surface area contributed by atoms with Gasteiger partial charge >= 0.3 is 5.97 Å². The number of amides is 1. The standard InChI is InChI=1S/C17H23N2O4P/c1-17(16(22)19-11-5-10-14(19)15(20)21)18-24(17,23)12-6-9-13-7-3-2-4-8-13/h2-4,7-8,14H,5-6,9-12H2,1H3,(H,18,23)(H,20,21)/t14-,17+,24?/m0/s1. The topological polar surface area (TPSA) is 96.6 Å². The summed E-state index contributed by atoms with van der Waals surface area (Å²) in [6.07, 6.45) is 3.15. The number of likely N-dealkylation sites (tertiary alicyclic amines) is 1. The second-order valence-electron chi connectivity index (χ2n) is 6.73. The van der Waals surface area contributed by atoms with Crippen molar-refractivity contribution in [3.05, 3.63) is 35.9 Å². The highest BCUT2D eigenvalue weighted by Crippen LogP contribution is 2.70. The van der Waals surface area contributed by atoms with Crippen molar-refractivity contribution in [1.82, 2.24) is 9.99 Å². The molecule has 130 valence electrons. The molecule has 0 aromatic heterocycles. The highest BCUT2D eigenvalue weighted by molar-refractivity contribution is 7.71. The molecule has 1 unspecified atom stereocenters. The van der Waals surface area contributed by atoms with Crippen LogP contribution in [-0.2, 0) is 20.6 Å². The average Bonchev–Trinajstić information content (AvgIpc) is 2.91. The molecule has 0 spiro atoms. The van der Waals surface area contributed by atoms with Gasteiger partial charge in [-0.05, 0) is 38.2 Å². The molecule has 2 saturated heterocycles. The molecule has 2 aliphatic rings. The van der Waals surface area contributed by atoms with Gasteiger partial charge < -0.3 is 14.6 Å². The summed E-state index contributed by atoms with van der Waals surface area (Å²) in [6, 6.07) is 9.18. The number of carbonyl (C=O) groups excluding carboxylic acids is 1. The second kappa shape index (κ2) is 6.34. The summed E-state index contributed by atoms with van der Waals surface area (Å²) < 4.78 is 12.9. The predicted molar refractivity (Wildman–Crippen MR) is 91.1 cm³/mol. The van der Waals surface area contributed by atoms with Gasteiger partial charge in [-0.25, -0.2) is 9.88 Å². The third kappa shape index (κ3) is 3.01. The molecule has 3 rings (SSSR count). The van der Waals surface area contributed by atoms with E-state index in [-0.39, 0.29) is 5.91 Å². The number of carbonyl (C=O) groups is 2. The zero-order valence-electron chi connectivity index (χ0n) is 13.8. The number of aliphatic carboxylic acids is 1. The van der Waals surface area contributed by atoms with Crippen LogP contribution in [0.5, 0.6) is 0 Å². The minimum absolute atomic E-state index is 0.324. The van der Waals surface area contributed by atoms with Crippen molar-refractivity contribution >= 4 is 19.2 Å². The fourth-order valence-corrected chi connectivity index (χ4v) is 6.19. The Morgan fingerprint density at radius 3 is 2.75 bits per heavy atom. The first-order valence-corrected chi connectivity index (χ1v) is 10.2. The van der Waals surface area contributed by atoms with Crippen LogP contribution in [0.15, 0.2) is 30.3 Å². The molecule has 2 heterocycles. The first kappa shape index (κ1) is 17.2. The Labute approximate surface area is 141 Å². The van der Waals surface area contributed by atoms with Crippen LogP contribution in [0.2, 0.25) is 0 Å². The maximum atomic E-state index is 12.9. The predicted octanol–water partition coefficient (Wildman–Crippen LogP) is 2.29. The van der Waals surface area contributed by atoms with E-state index in [1.54, 1.807) is 6.92 Å². The lowest BCUT2D eigenvalue weighted by molar-refractivity contribution is -0.148. The maximum absolute atomic E-state index is 12.9. The summed E-state index contributed by atoms with van der Waals surface area (Å²) in [5.74, 6) is -1.31. The molecule has 2 N–H and O–H groups in total. The Kier molecular flexibility index (Phi) is 4.54. The summed E-state index contributed by atoms with van der Waals surface area (Å²) in [4.78, 5) is 25.4. The zero-order chi connectivity index (χ0) is 17.4. The number of hydrogen-bond donors (Lipinski definition) is 2. The number of rotatable bonds is 6. The first-order valence-electron chi connectivity index (χ1n) is 8.34. The van der Waals surface area contributed by atoms with E-state index in [0.29, 0.717) is 25.5 Å². The Hall–Kier alpha value is -1.65. The number of aryl methyl sites for hydroxylation is 1. The Morgan fingerprint density at radius 2 is 2.08 bits per heavy atom. The summed E-state index contributed by atoms with van der Waals surface area (Å²) in [6.45, 7) is 2.08. The van der Waals surface area contributed by atoms with Crippen LogP contribution in [0, 0.1) is 0 Å². The van der Waals surface area contributed by atoms with Gasteiger partial charge in [0, 0.05) is 12.7 Å². The van der Waals surface area contributed by atoms with E-state index >= 15 is 0 Å². The van der Waals surface area contributed by atoms with Crippen LogP contribution in [0.1, 0.15) is 31.7 Å². The van der Waals surface area contributed by atoms with Crippen molar-refractivity contribution in [3.8, 4) is 0 Å². The lowest BCUT2D eigenvalue weighted by Crippen LogP contribution is -2.46. The molecule has 1 aromatic carbocycles. The zero-order valence-corrected chi connectivity index (χ0v) is 14.7. The lowest BCUT2D eigenvalue weighted by atomic mass is 10.1. The normalized spacial score (nSPS) is 31.9. The Morgan fingerprint density at radius 1 is 1.38 bits per heavy atom. The molecule has 3 atom stereocenters. The number of carboxylic acid groups (broad SMARTS) is 1. The van der Waals surface area contributed by atoms with Crippen molar-refractivity contribution in [2.75, 3.05) is 12.7 Å². The van der Waals surface area contributed by atoms with Crippen LogP contribution >= 0.6 is 7.29 Å². The van der Waals surface area contributed by atoms with E-state index in [9.17, 15) is 19.3 Å². The van der Waals surface area contributed by atoms with Crippen molar-refractivity contribution in [3.63, 3.8) is 0 Å². The van der Waals surface area contributed by atoms with Crippen LogP contribution in [-0.4, -0.2) is 45.9 Å². The van der Waals surface area contributed by atoms with Gasteiger partial charge in [0.2, 0.25) is 0 Å². The van der Waals surface area contributed by atoms with Crippen LogP contribution in [0.3, 0.4) is 0 Å². The summed E-state index contributed by atoms with van der Waals surface area (Å²) in [5.41, 5.74) is 1.18. The largest absolute Gasteiger partial charge is 0.480 e. The first-order chi connectivity index (χ1) is 11.4. The molecule has 2 aliphatic heterocycles. The van der Waals surface area contributed by atoms with Gasteiger partial charge in [-0.1, -0.05) is 30.3 Å². The van der Waals surface area contributed by atoms with Gasteiger partial charge in [-0.15, -0.1) is 0 Å². The maximum Gasteiger partial charge on any atom is 0.326 e. The number of hydrogen-bond acceptors (Lipinski definition) is 3. The van der Waals surface area contributed by atoms with E-state index in [0.717, 1.165) is 12.8 Å². The fraction of sp³-hybridized carbons (Fsp3) is 0.529. The molecule has 1 aromatic rings. The van der Waals surface area contributed by atoms with Crippen molar-refractivity contribution in [2.45, 2.75) is 43.9 Å². The van der Waals surface area contributed by atoms with Gasteiger partial charge in [0.05, 0.1) is 0 Å². The van der Waals surface area contributed by atoms with Gasteiger partial charge in [0.15, 0.2) is 12.6 Å². The fourth-order valence-electron chi connectivity index (χ4n) is 3.51. The molecule has 6 nitrogen and oxygen atoms in total. The van der Waals surface area contributed by atoms with Crippen molar-refractivity contribution < 1.29 is 19.3 Å². The van der Waals surface area contributed by atoms with Crippen LogP contribution < -0.4 is 5.09 Å². The monoisotopic (exact) mass is 350 g/mol. The smallest absolute Gasteiger partial charge is 0.326 e. The molecule has 0 saturated carbocycles. The van der Waals surface area contributed by atoms with Crippen LogP contribution in [0.4, 0.5) is 0 Å². The minimum Gasteiger partial charge on any atom is -0.480 e. The highest BCUT2D eigenvalue weighted by atomic mass is 31.2. The number of carboxylic acids is 1. The molecular weight excluding hydrogens is 327 g/mol. The number of nitrogens with zero attached hydrogens (tertiary/aromatic N) is 1. The molecular formula is C17H23N2O4P. The molecule has 1 amide bonds. The van der Waals surface area contributed by atoms with Gasteiger partial charge in [0.1, 0.15) is 6.04 Å². The third-order valence-electron chi connectivity index (χ3n) is 5.07. The molecule has 0 bridgehead atoms. The Bertz CT molecular complexity index is 693. The number of nitrogens with one attached hydrogen (secondary N) is 1. The third-order valence-corrected chi connectivity index (χ3v) is 8.35. The van der Waals surface area contributed by atoms with Crippen molar-refractivity contribution in [1.29, 1.82) is 0 Å². The quantitative estimate of drug-likeness (QED) is 0.606.